The molecule has 8 heteroatoms. The highest BCUT2D eigenvalue weighted by Crippen LogP contribution is 2.11. The first-order valence-corrected chi connectivity index (χ1v) is 6.28. The zero-order chi connectivity index (χ0) is 13.1. The zero-order valence-electron chi connectivity index (χ0n) is 10.7. The summed E-state index contributed by atoms with van der Waals surface area (Å²) in [7, 11) is 0. The minimum atomic E-state index is -0.486. The highest BCUT2D eigenvalue weighted by Gasteiger charge is 2.26. The van der Waals surface area contributed by atoms with Gasteiger partial charge in [-0.25, -0.2) is 14.6 Å². The predicted octanol–water partition coefficient (Wildman–Crippen LogP) is -0.240. The molecule has 2 heterocycles. The Labute approximate surface area is 105 Å². The van der Waals surface area contributed by atoms with Crippen LogP contribution in [-0.2, 0) is 6.54 Å². The zero-order valence-corrected chi connectivity index (χ0v) is 10.7. The molecule has 0 bridgehead atoms. The Hall–Kier alpha value is -1.70. The predicted molar refractivity (Wildman–Crippen MR) is 63.9 cm³/mol. The van der Waals surface area contributed by atoms with Crippen LogP contribution < -0.4 is 5.69 Å². The van der Waals surface area contributed by atoms with Gasteiger partial charge in [0, 0.05) is 26.2 Å². The lowest BCUT2D eigenvalue weighted by molar-refractivity contribution is 0.0392. The second-order valence-corrected chi connectivity index (χ2v) is 4.15. The molecule has 1 aliphatic heterocycles. The first-order valence-electron chi connectivity index (χ1n) is 6.28. The topological polar surface area (TPSA) is 76.3 Å². The molecule has 8 nitrogen and oxygen atoms in total. The van der Waals surface area contributed by atoms with E-state index in [4.69, 9.17) is 0 Å². The lowest BCUT2D eigenvalue weighted by Gasteiger charge is -2.29. The summed E-state index contributed by atoms with van der Waals surface area (Å²) in [6, 6.07) is -0.427. The Kier molecular flexibility index (Phi) is 3.75. The van der Waals surface area contributed by atoms with Gasteiger partial charge < -0.3 is 0 Å². The van der Waals surface area contributed by atoms with Gasteiger partial charge in [0.15, 0.2) is 0 Å². The van der Waals surface area contributed by atoms with E-state index in [-0.39, 0.29) is 0 Å². The molecule has 1 fully saturated rings. The van der Waals surface area contributed by atoms with Crippen LogP contribution in [0.25, 0.3) is 0 Å². The number of carbonyl (C=O) groups excluding carboxylic acids is 1. The molecule has 1 saturated heterocycles. The lowest BCUT2D eigenvalue weighted by atomic mass is 10.4. The second kappa shape index (κ2) is 5.30. The molecule has 0 atom stereocenters. The maximum absolute atomic E-state index is 12.2. The van der Waals surface area contributed by atoms with Gasteiger partial charge >= 0.3 is 11.7 Å². The van der Waals surface area contributed by atoms with Gasteiger partial charge in [0.1, 0.15) is 0 Å². The molecule has 0 radical (unpaired) electrons. The number of hydrazine groups is 1. The van der Waals surface area contributed by atoms with Crippen molar-refractivity contribution in [3.8, 4) is 0 Å². The van der Waals surface area contributed by atoms with Crippen LogP contribution in [0.2, 0.25) is 0 Å². The van der Waals surface area contributed by atoms with Gasteiger partial charge in [0.05, 0.1) is 0 Å². The van der Waals surface area contributed by atoms with Crippen LogP contribution in [0.15, 0.2) is 4.79 Å². The van der Waals surface area contributed by atoms with E-state index in [0.29, 0.717) is 13.1 Å². The van der Waals surface area contributed by atoms with Crippen LogP contribution in [0.5, 0.6) is 0 Å². The number of tetrazole rings is 1. The summed E-state index contributed by atoms with van der Waals surface area (Å²) in [5.41, 5.74) is -0.486. The highest BCUT2D eigenvalue weighted by molar-refractivity contribution is 5.74. The number of rotatable bonds is 3. The quantitative estimate of drug-likeness (QED) is 0.696. The van der Waals surface area contributed by atoms with Crippen LogP contribution in [0.3, 0.4) is 0 Å². The van der Waals surface area contributed by atoms with Gasteiger partial charge in [-0.15, -0.1) is 4.68 Å². The van der Waals surface area contributed by atoms with Gasteiger partial charge in [0.2, 0.25) is 0 Å². The number of amides is 1. The molecule has 0 unspecified atom stereocenters. The number of hydrogen-bond acceptors (Lipinski definition) is 5. The molecule has 1 aromatic heterocycles. The minimum absolute atomic E-state index is 0.405. The Bertz CT molecular complexity index is 473. The average molecular weight is 254 g/mol. The van der Waals surface area contributed by atoms with E-state index in [2.05, 4.69) is 10.4 Å². The summed E-state index contributed by atoms with van der Waals surface area (Å²) in [5.74, 6) is 0. The molecule has 0 spiro atoms. The SMILES string of the molecule is CCN(C(=O)n1nnn(CC)c1=O)N1CCCC1. The van der Waals surface area contributed by atoms with Crippen molar-refractivity contribution >= 4 is 6.03 Å². The van der Waals surface area contributed by atoms with Crippen molar-refractivity contribution in [3.63, 3.8) is 0 Å². The summed E-state index contributed by atoms with van der Waals surface area (Å²) in [4.78, 5) is 24.1. The van der Waals surface area contributed by atoms with E-state index in [1.165, 1.54) is 0 Å². The summed E-state index contributed by atoms with van der Waals surface area (Å²) < 4.78 is 1.99. The summed E-state index contributed by atoms with van der Waals surface area (Å²) in [6.07, 6.45) is 2.14. The highest BCUT2D eigenvalue weighted by atomic mass is 16.2. The number of aryl methyl sites for hydroxylation is 1. The van der Waals surface area contributed by atoms with Gasteiger partial charge in [-0.1, -0.05) is 0 Å². The van der Waals surface area contributed by atoms with Crippen molar-refractivity contribution in [1.29, 1.82) is 0 Å². The molecule has 1 amide bonds. The normalized spacial score (nSPS) is 16.1. The molecule has 1 aliphatic rings. The van der Waals surface area contributed by atoms with Crippen LogP contribution in [-0.4, -0.2) is 55.5 Å². The van der Waals surface area contributed by atoms with Crippen molar-refractivity contribution in [2.75, 3.05) is 19.6 Å². The minimum Gasteiger partial charge on any atom is -0.255 e. The molecular weight excluding hydrogens is 236 g/mol. The van der Waals surface area contributed by atoms with E-state index in [1.54, 1.807) is 11.9 Å². The van der Waals surface area contributed by atoms with Crippen LogP contribution in [0, 0.1) is 0 Å². The summed E-state index contributed by atoms with van der Waals surface area (Å²) >= 11 is 0. The Morgan fingerprint density at radius 1 is 1.28 bits per heavy atom. The third-order valence-corrected chi connectivity index (χ3v) is 3.06. The first-order chi connectivity index (χ1) is 8.69. The summed E-state index contributed by atoms with van der Waals surface area (Å²) in [5, 5.41) is 10.8. The molecule has 0 saturated carbocycles. The fourth-order valence-electron chi connectivity index (χ4n) is 2.10. The number of hydrogen-bond donors (Lipinski definition) is 0. The van der Waals surface area contributed by atoms with Crippen molar-refractivity contribution in [2.45, 2.75) is 33.2 Å². The molecule has 100 valence electrons. The Balaban J connectivity index is 2.22. The monoisotopic (exact) mass is 254 g/mol. The maximum atomic E-state index is 12.2. The van der Waals surface area contributed by atoms with Gasteiger partial charge in [-0.05, 0) is 37.1 Å². The van der Waals surface area contributed by atoms with Crippen molar-refractivity contribution < 1.29 is 4.79 Å². The van der Waals surface area contributed by atoms with Crippen LogP contribution >= 0.6 is 0 Å². The molecule has 1 aromatic rings. The van der Waals surface area contributed by atoms with E-state index >= 15 is 0 Å². The first kappa shape index (κ1) is 12.7. The Morgan fingerprint density at radius 2 is 1.94 bits per heavy atom. The van der Waals surface area contributed by atoms with E-state index in [1.807, 2.05) is 11.9 Å². The second-order valence-electron chi connectivity index (χ2n) is 4.15. The van der Waals surface area contributed by atoms with Gasteiger partial charge in [-0.3, -0.25) is 5.01 Å². The van der Waals surface area contributed by atoms with E-state index < -0.39 is 11.7 Å². The molecule has 18 heavy (non-hydrogen) atoms. The van der Waals surface area contributed by atoms with Gasteiger partial charge in [0.25, 0.3) is 0 Å². The molecule has 2 rings (SSSR count). The number of aromatic nitrogens is 4. The fourth-order valence-corrected chi connectivity index (χ4v) is 2.10. The lowest BCUT2D eigenvalue weighted by Crippen LogP contribution is -2.49. The largest absolute Gasteiger partial charge is 0.372 e. The third kappa shape index (κ3) is 2.15. The van der Waals surface area contributed by atoms with Gasteiger partial charge in [-0.2, -0.15) is 4.68 Å². The molecular formula is C10H18N6O2. The molecule has 0 N–H and O–H groups in total. The Morgan fingerprint density at radius 3 is 2.44 bits per heavy atom. The number of carbonyl (C=O) groups is 1. The fraction of sp³-hybridized carbons (Fsp3) is 0.800. The van der Waals surface area contributed by atoms with Crippen LogP contribution in [0.4, 0.5) is 4.79 Å². The van der Waals surface area contributed by atoms with Crippen molar-refractivity contribution in [3.05, 3.63) is 10.5 Å². The average Bonchev–Trinajstić information content (AvgIpc) is 2.99. The molecule has 0 aliphatic carbocycles. The van der Waals surface area contributed by atoms with Crippen molar-refractivity contribution in [2.24, 2.45) is 0 Å². The summed E-state index contributed by atoms with van der Waals surface area (Å²) in [6.45, 7) is 6.27. The molecule has 0 aromatic carbocycles. The van der Waals surface area contributed by atoms with Crippen molar-refractivity contribution in [1.82, 2.24) is 29.8 Å². The standard InChI is InChI=1S/C10H18N6O2/c1-3-14-9(17)16(12-11-14)10(18)15(4-2)13-7-5-6-8-13/h3-8H2,1-2H3. The maximum Gasteiger partial charge on any atom is 0.372 e. The number of nitrogens with zero attached hydrogens (tertiary/aromatic N) is 6. The smallest absolute Gasteiger partial charge is 0.255 e. The van der Waals surface area contributed by atoms with Crippen LogP contribution in [0.1, 0.15) is 26.7 Å². The van der Waals surface area contributed by atoms with E-state index in [9.17, 15) is 9.59 Å². The third-order valence-electron chi connectivity index (χ3n) is 3.06. The van der Waals surface area contributed by atoms with E-state index in [0.717, 1.165) is 35.3 Å².